The van der Waals surface area contributed by atoms with E-state index >= 15 is 0 Å². The molecule has 1 rings (SSSR count). The van der Waals surface area contributed by atoms with Gasteiger partial charge in [0.25, 0.3) is 0 Å². The SMILES string of the molecule is CCCCCCCCCC[N+]1(CCCC)CCCC1.CS(=O)(=O)[O-]. The molecule has 0 N–H and O–H groups in total. The van der Waals surface area contributed by atoms with Crippen LogP contribution >= 0.6 is 0 Å². The smallest absolute Gasteiger partial charge is 0.0916 e. The van der Waals surface area contributed by atoms with Gasteiger partial charge in [-0.15, -0.1) is 0 Å². The van der Waals surface area contributed by atoms with Gasteiger partial charge in [-0.2, -0.15) is 0 Å². The first-order valence-corrected chi connectivity index (χ1v) is 11.9. The summed E-state index contributed by atoms with van der Waals surface area (Å²) < 4.78 is 28.7. The first-order chi connectivity index (χ1) is 11.3. The molecule has 1 fully saturated rings. The van der Waals surface area contributed by atoms with E-state index in [4.69, 9.17) is 13.0 Å². The van der Waals surface area contributed by atoms with Gasteiger partial charge < -0.3 is 9.04 Å². The van der Waals surface area contributed by atoms with Crippen LogP contribution in [-0.2, 0) is 10.1 Å². The Kier molecular flexibility index (Phi) is 14.0. The Labute approximate surface area is 151 Å². The van der Waals surface area contributed by atoms with E-state index in [1.807, 2.05) is 0 Å². The van der Waals surface area contributed by atoms with E-state index < -0.39 is 10.1 Å². The minimum Gasteiger partial charge on any atom is -0.748 e. The third-order valence-electron chi connectivity index (χ3n) is 4.99. The molecule has 0 aromatic rings. The highest BCUT2D eigenvalue weighted by Gasteiger charge is 2.30. The van der Waals surface area contributed by atoms with Crippen LogP contribution in [0.15, 0.2) is 0 Å². The van der Waals surface area contributed by atoms with E-state index in [9.17, 15) is 0 Å². The maximum absolute atomic E-state index is 9.08. The standard InChI is InChI=1S/C18H38N.CH4O3S/c1-3-5-7-8-9-10-11-12-16-19(15-6-4-2)17-13-14-18-19;1-5(2,3)4/h3-18H2,1-2H3;1H3,(H,2,3,4)/q+1;/p-1. The molecule has 1 aliphatic rings. The quantitative estimate of drug-likeness (QED) is 0.287. The molecule has 0 atom stereocenters. The average molecular weight is 364 g/mol. The largest absolute Gasteiger partial charge is 0.748 e. The Morgan fingerprint density at radius 3 is 1.58 bits per heavy atom. The summed E-state index contributed by atoms with van der Waals surface area (Å²) >= 11 is 0. The number of rotatable bonds is 12. The second-order valence-corrected chi connectivity index (χ2v) is 8.88. The van der Waals surface area contributed by atoms with Crippen molar-refractivity contribution >= 4 is 10.1 Å². The summed E-state index contributed by atoms with van der Waals surface area (Å²) in [4.78, 5) is 0. The molecule has 1 saturated heterocycles. The highest BCUT2D eigenvalue weighted by Crippen LogP contribution is 2.22. The number of likely N-dealkylation sites (tertiary alicyclic amines) is 1. The number of hydrogen-bond acceptors (Lipinski definition) is 3. The van der Waals surface area contributed by atoms with E-state index in [0.29, 0.717) is 6.26 Å². The van der Waals surface area contributed by atoms with Crippen LogP contribution in [0.3, 0.4) is 0 Å². The number of unbranched alkanes of at least 4 members (excludes halogenated alkanes) is 8. The van der Waals surface area contributed by atoms with Gasteiger partial charge in [-0.05, 0) is 19.3 Å². The molecule has 0 radical (unpaired) electrons. The molecule has 24 heavy (non-hydrogen) atoms. The molecule has 0 bridgehead atoms. The third kappa shape index (κ3) is 15.4. The van der Waals surface area contributed by atoms with Crippen LogP contribution in [0.25, 0.3) is 0 Å². The molecule has 0 aromatic heterocycles. The van der Waals surface area contributed by atoms with Crippen molar-refractivity contribution in [1.29, 1.82) is 0 Å². The number of nitrogens with zero attached hydrogens (tertiary/aromatic N) is 1. The van der Waals surface area contributed by atoms with Gasteiger partial charge in [0.2, 0.25) is 0 Å². The Balaban J connectivity index is 0.000000922. The van der Waals surface area contributed by atoms with Crippen LogP contribution in [0, 0.1) is 0 Å². The maximum atomic E-state index is 9.08. The lowest BCUT2D eigenvalue weighted by molar-refractivity contribution is -0.917. The molecule has 1 aliphatic heterocycles. The predicted octanol–water partition coefficient (Wildman–Crippen LogP) is 4.70. The molecular weight excluding hydrogens is 322 g/mol. The highest BCUT2D eigenvalue weighted by molar-refractivity contribution is 7.84. The second kappa shape index (κ2) is 14.1. The fourth-order valence-electron chi connectivity index (χ4n) is 3.64. The van der Waals surface area contributed by atoms with Gasteiger partial charge >= 0.3 is 0 Å². The monoisotopic (exact) mass is 363 g/mol. The Hall–Kier alpha value is -0.130. The van der Waals surface area contributed by atoms with E-state index in [1.54, 1.807) is 0 Å². The molecule has 1 heterocycles. The Bertz CT molecular complexity index is 368. The van der Waals surface area contributed by atoms with Crippen molar-refractivity contribution in [3.63, 3.8) is 0 Å². The summed E-state index contributed by atoms with van der Waals surface area (Å²) in [6.45, 7) is 10.5. The van der Waals surface area contributed by atoms with Crippen molar-refractivity contribution in [3.05, 3.63) is 0 Å². The molecule has 0 amide bonds. The average Bonchev–Trinajstić information content (AvgIpc) is 2.95. The summed E-state index contributed by atoms with van der Waals surface area (Å²) in [5.74, 6) is 0. The lowest BCUT2D eigenvalue weighted by atomic mass is 10.1. The minimum atomic E-state index is -3.92. The van der Waals surface area contributed by atoms with E-state index in [1.165, 1.54) is 108 Å². The molecule has 5 heteroatoms. The minimum absolute atomic E-state index is 0.604. The molecule has 0 saturated carbocycles. The Morgan fingerprint density at radius 2 is 1.12 bits per heavy atom. The first-order valence-electron chi connectivity index (χ1n) is 10.1. The zero-order chi connectivity index (χ0) is 18.3. The molecular formula is C19H41NO3S. The van der Waals surface area contributed by atoms with Crippen LogP contribution in [0.1, 0.15) is 90.9 Å². The van der Waals surface area contributed by atoms with Crippen molar-refractivity contribution in [2.45, 2.75) is 90.9 Å². The zero-order valence-corrected chi connectivity index (χ0v) is 17.2. The summed E-state index contributed by atoms with van der Waals surface area (Å²) in [7, 11) is -3.92. The van der Waals surface area contributed by atoms with E-state index in [2.05, 4.69) is 13.8 Å². The van der Waals surface area contributed by atoms with Crippen LogP contribution in [-0.4, -0.2) is 49.9 Å². The van der Waals surface area contributed by atoms with Gasteiger partial charge in [0, 0.05) is 19.1 Å². The topological polar surface area (TPSA) is 57.2 Å². The van der Waals surface area contributed by atoms with Gasteiger partial charge in [0.15, 0.2) is 0 Å². The fraction of sp³-hybridized carbons (Fsp3) is 1.00. The summed E-state index contributed by atoms with van der Waals surface area (Å²) in [5, 5.41) is 0. The second-order valence-electron chi connectivity index (χ2n) is 7.48. The van der Waals surface area contributed by atoms with Crippen molar-refractivity contribution in [2.24, 2.45) is 0 Å². The Morgan fingerprint density at radius 1 is 0.750 bits per heavy atom. The molecule has 0 unspecified atom stereocenters. The molecule has 146 valence electrons. The maximum Gasteiger partial charge on any atom is 0.0916 e. The van der Waals surface area contributed by atoms with E-state index in [0.717, 1.165) is 0 Å². The van der Waals surface area contributed by atoms with Crippen molar-refractivity contribution in [1.82, 2.24) is 0 Å². The van der Waals surface area contributed by atoms with Gasteiger partial charge in [-0.25, -0.2) is 8.42 Å². The van der Waals surface area contributed by atoms with Crippen LogP contribution in [0.2, 0.25) is 0 Å². The fourth-order valence-corrected chi connectivity index (χ4v) is 3.64. The van der Waals surface area contributed by atoms with Gasteiger partial charge in [-0.1, -0.05) is 58.8 Å². The van der Waals surface area contributed by atoms with Crippen molar-refractivity contribution < 1.29 is 17.5 Å². The molecule has 0 spiro atoms. The first kappa shape index (κ1) is 23.9. The summed E-state index contributed by atoms with van der Waals surface area (Å²) in [6.07, 6.45) is 18.1. The van der Waals surface area contributed by atoms with Gasteiger partial charge in [0.05, 0.1) is 36.3 Å². The van der Waals surface area contributed by atoms with Crippen LogP contribution < -0.4 is 0 Å². The number of hydrogen-bond donors (Lipinski definition) is 0. The highest BCUT2D eigenvalue weighted by atomic mass is 32.2. The predicted molar refractivity (Wildman–Crippen MR) is 102 cm³/mol. The van der Waals surface area contributed by atoms with Crippen molar-refractivity contribution in [2.75, 3.05) is 32.4 Å². The van der Waals surface area contributed by atoms with Gasteiger partial charge in [0.1, 0.15) is 0 Å². The lowest BCUT2D eigenvalue weighted by Gasteiger charge is -2.34. The van der Waals surface area contributed by atoms with Gasteiger partial charge in [-0.3, -0.25) is 0 Å². The summed E-state index contributed by atoms with van der Waals surface area (Å²) in [6, 6.07) is 0. The molecule has 0 aliphatic carbocycles. The third-order valence-corrected chi connectivity index (χ3v) is 4.99. The van der Waals surface area contributed by atoms with E-state index in [-0.39, 0.29) is 0 Å². The lowest BCUT2D eigenvalue weighted by Crippen LogP contribution is -2.46. The van der Waals surface area contributed by atoms with Crippen molar-refractivity contribution in [3.8, 4) is 0 Å². The van der Waals surface area contributed by atoms with Crippen LogP contribution in [0.4, 0.5) is 0 Å². The zero-order valence-electron chi connectivity index (χ0n) is 16.4. The normalized spacial score (nSPS) is 16.7. The summed E-state index contributed by atoms with van der Waals surface area (Å²) in [5.41, 5.74) is 0. The van der Waals surface area contributed by atoms with Crippen LogP contribution in [0.5, 0.6) is 0 Å². The molecule has 0 aromatic carbocycles. The molecule has 4 nitrogen and oxygen atoms in total. The number of quaternary nitrogens is 1.